The molecular weight excluding hydrogens is 373 g/mol. The van der Waals surface area contributed by atoms with Crippen LogP contribution in [-0.2, 0) is 14.3 Å². The zero-order valence-corrected chi connectivity index (χ0v) is 16.0. The highest BCUT2D eigenvalue weighted by Gasteiger charge is 2.07. The lowest BCUT2D eigenvalue weighted by Crippen LogP contribution is -2.20. The molecule has 0 unspecified atom stereocenters. The summed E-state index contributed by atoms with van der Waals surface area (Å²) in [5, 5.41) is 3.29. The Labute approximate surface area is 162 Å². The maximum Gasteiger partial charge on any atom is 0.331 e. The van der Waals surface area contributed by atoms with Gasteiger partial charge in [0.15, 0.2) is 6.61 Å². The molecule has 2 aromatic rings. The monoisotopic (exact) mass is 391 g/mol. The van der Waals surface area contributed by atoms with Crippen LogP contribution in [0.1, 0.15) is 30.9 Å². The van der Waals surface area contributed by atoms with Gasteiger partial charge < -0.3 is 10.1 Å². The van der Waals surface area contributed by atoms with Crippen LogP contribution in [0.4, 0.5) is 5.69 Å². The van der Waals surface area contributed by atoms with Crippen molar-refractivity contribution in [3.8, 4) is 0 Å². The second-order valence-corrected chi connectivity index (χ2v) is 6.75. The van der Waals surface area contributed by atoms with Crippen molar-refractivity contribution in [2.45, 2.75) is 19.8 Å². The normalized spacial score (nSPS) is 11.0. The number of hydrogen-bond acceptors (Lipinski definition) is 3. The van der Waals surface area contributed by atoms with E-state index in [2.05, 4.69) is 19.2 Å². The number of amides is 1. The lowest BCUT2D eigenvalue weighted by atomic mass is 10.0. The van der Waals surface area contributed by atoms with E-state index < -0.39 is 18.5 Å². The molecule has 0 saturated heterocycles. The molecule has 0 saturated carbocycles. The summed E-state index contributed by atoms with van der Waals surface area (Å²) >= 11 is 11.7. The summed E-state index contributed by atoms with van der Waals surface area (Å²) < 4.78 is 4.92. The second-order valence-electron chi connectivity index (χ2n) is 5.94. The van der Waals surface area contributed by atoms with Crippen LogP contribution in [0.15, 0.2) is 48.5 Å². The van der Waals surface area contributed by atoms with Crippen molar-refractivity contribution in [2.75, 3.05) is 11.9 Å². The first-order valence-corrected chi connectivity index (χ1v) is 8.80. The Morgan fingerprint density at radius 1 is 1.08 bits per heavy atom. The third-order valence-electron chi connectivity index (χ3n) is 3.56. The molecule has 136 valence electrons. The van der Waals surface area contributed by atoms with Gasteiger partial charge in [-0.1, -0.05) is 61.3 Å². The van der Waals surface area contributed by atoms with Crippen LogP contribution >= 0.6 is 23.2 Å². The zero-order chi connectivity index (χ0) is 19.1. The molecule has 0 aliphatic rings. The number of carbonyl (C=O) groups excluding carboxylic acids is 2. The van der Waals surface area contributed by atoms with E-state index in [9.17, 15) is 9.59 Å². The van der Waals surface area contributed by atoms with E-state index >= 15 is 0 Å². The molecule has 0 fully saturated rings. The molecule has 1 N–H and O–H groups in total. The van der Waals surface area contributed by atoms with Crippen LogP contribution in [0, 0.1) is 0 Å². The number of hydrogen-bond donors (Lipinski definition) is 1. The Balaban J connectivity index is 1.81. The van der Waals surface area contributed by atoms with Gasteiger partial charge in [-0.2, -0.15) is 0 Å². The number of ether oxygens (including phenoxy) is 1. The molecule has 0 aromatic heterocycles. The van der Waals surface area contributed by atoms with Crippen molar-refractivity contribution in [1.29, 1.82) is 0 Å². The average Bonchev–Trinajstić information content (AvgIpc) is 2.61. The third-order valence-corrected chi connectivity index (χ3v) is 4.30. The van der Waals surface area contributed by atoms with E-state index in [1.807, 2.05) is 24.3 Å². The van der Waals surface area contributed by atoms with Gasteiger partial charge in [-0.15, -0.1) is 0 Å². The first-order chi connectivity index (χ1) is 12.3. The van der Waals surface area contributed by atoms with Crippen LogP contribution < -0.4 is 5.32 Å². The number of carbonyl (C=O) groups is 2. The fourth-order valence-corrected chi connectivity index (χ4v) is 2.41. The van der Waals surface area contributed by atoms with Gasteiger partial charge in [-0.3, -0.25) is 4.79 Å². The van der Waals surface area contributed by atoms with Crippen LogP contribution in [0.25, 0.3) is 6.08 Å². The van der Waals surface area contributed by atoms with Crippen LogP contribution in [0.5, 0.6) is 0 Å². The average molecular weight is 392 g/mol. The highest BCUT2D eigenvalue weighted by Crippen LogP contribution is 2.24. The van der Waals surface area contributed by atoms with Crippen molar-refractivity contribution in [1.82, 2.24) is 0 Å². The second kappa shape index (κ2) is 9.41. The fraction of sp³-hybridized carbons (Fsp3) is 0.200. The van der Waals surface area contributed by atoms with Crippen LogP contribution in [0.2, 0.25) is 10.0 Å². The molecule has 0 spiro atoms. The highest BCUT2D eigenvalue weighted by molar-refractivity contribution is 6.42. The minimum Gasteiger partial charge on any atom is -0.452 e. The van der Waals surface area contributed by atoms with Gasteiger partial charge in [0, 0.05) is 11.8 Å². The van der Waals surface area contributed by atoms with E-state index in [-0.39, 0.29) is 0 Å². The van der Waals surface area contributed by atoms with Crippen molar-refractivity contribution in [3.63, 3.8) is 0 Å². The molecule has 0 atom stereocenters. The fourth-order valence-electron chi connectivity index (χ4n) is 2.11. The highest BCUT2D eigenvalue weighted by atomic mass is 35.5. The Bertz CT molecular complexity index is 814. The predicted octanol–water partition coefficient (Wildman–Crippen LogP) is 5.31. The Morgan fingerprint density at radius 3 is 2.38 bits per heavy atom. The number of halogens is 2. The Morgan fingerprint density at radius 2 is 1.77 bits per heavy atom. The summed E-state index contributed by atoms with van der Waals surface area (Å²) in [6.45, 7) is 3.84. The summed E-state index contributed by atoms with van der Waals surface area (Å²) in [4.78, 5) is 23.5. The van der Waals surface area contributed by atoms with E-state index in [1.54, 1.807) is 18.2 Å². The van der Waals surface area contributed by atoms with Gasteiger partial charge in [-0.05, 0) is 41.3 Å². The molecule has 1 amide bonds. The minimum absolute atomic E-state index is 0.327. The van der Waals surface area contributed by atoms with Gasteiger partial charge in [0.2, 0.25) is 0 Å². The number of benzene rings is 2. The smallest absolute Gasteiger partial charge is 0.331 e. The zero-order valence-electron chi connectivity index (χ0n) is 14.5. The molecule has 0 bridgehead atoms. The quantitative estimate of drug-likeness (QED) is 0.535. The van der Waals surface area contributed by atoms with Gasteiger partial charge >= 0.3 is 5.97 Å². The summed E-state index contributed by atoms with van der Waals surface area (Å²) in [5.41, 5.74) is 2.58. The summed E-state index contributed by atoms with van der Waals surface area (Å²) in [6, 6.07) is 12.6. The maximum atomic E-state index is 11.8. The van der Waals surface area contributed by atoms with Crippen molar-refractivity contribution in [3.05, 3.63) is 69.7 Å². The predicted molar refractivity (Wildman–Crippen MR) is 106 cm³/mol. The molecular formula is C20H19Cl2NO3. The van der Waals surface area contributed by atoms with Gasteiger partial charge in [0.1, 0.15) is 0 Å². The van der Waals surface area contributed by atoms with Gasteiger partial charge in [0.05, 0.1) is 10.0 Å². The molecule has 0 aliphatic carbocycles. The molecule has 6 heteroatoms. The maximum absolute atomic E-state index is 11.8. The van der Waals surface area contributed by atoms with Gasteiger partial charge in [0.25, 0.3) is 5.91 Å². The Kier molecular flexibility index (Phi) is 7.25. The number of rotatable bonds is 6. The van der Waals surface area contributed by atoms with Gasteiger partial charge in [-0.25, -0.2) is 4.79 Å². The minimum atomic E-state index is -0.595. The van der Waals surface area contributed by atoms with E-state index in [4.69, 9.17) is 27.9 Å². The summed E-state index contributed by atoms with van der Waals surface area (Å²) in [5.74, 6) is -0.610. The third kappa shape index (κ3) is 6.21. The lowest BCUT2D eigenvalue weighted by Gasteiger charge is -2.06. The Hall–Kier alpha value is -2.30. The first-order valence-electron chi connectivity index (χ1n) is 8.05. The van der Waals surface area contributed by atoms with Crippen molar-refractivity contribution < 1.29 is 14.3 Å². The lowest BCUT2D eigenvalue weighted by molar-refractivity contribution is -0.142. The summed E-state index contributed by atoms with van der Waals surface area (Å²) in [6.07, 6.45) is 2.93. The SMILES string of the molecule is CC(C)c1ccc(C=CC(=O)OCC(=O)Nc2ccc(Cl)c(Cl)c2)cc1. The van der Waals surface area contributed by atoms with Crippen molar-refractivity contribution >= 4 is 46.8 Å². The van der Waals surface area contributed by atoms with Crippen molar-refractivity contribution in [2.24, 2.45) is 0 Å². The molecule has 26 heavy (non-hydrogen) atoms. The molecule has 2 aromatic carbocycles. The first kappa shape index (κ1) is 20.0. The van der Waals surface area contributed by atoms with E-state index in [0.717, 1.165) is 5.56 Å². The number of nitrogens with one attached hydrogen (secondary N) is 1. The largest absolute Gasteiger partial charge is 0.452 e. The van der Waals surface area contributed by atoms with E-state index in [0.29, 0.717) is 21.7 Å². The molecule has 0 heterocycles. The molecule has 0 radical (unpaired) electrons. The number of anilines is 1. The summed E-state index contributed by atoms with van der Waals surface area (Å²) in [7, 11) is 0. The molecule has 0 aliphatic heterocycles. The van der Waals surface area contributed by atoms with Crippen LogP contribution in [-0.4, -0.2) is 18.5 Å². The van der Waals surface area contributed by atoms with E-state index in [1.165, 1.54) is 17.7 Å². The molecule has 4 nitrogen and oxygen atoms in total. The van der Waals surface area contributed by atoms with Crippen LogP contribution in [0.3, 0.4) is 0 Å². The standard InChI is InChI=1S/C20H19Cl2NO3/c1-13(2)15-6-3-14(4-7-15)5-10-20(25)26-12-19(24)23-16-8-9-17(21)18(22)11-16/h3-11,13H,12H2,1-2H3,(H,23,24). The number of esters is 1. The topological polar surface area (TPSA) is 55.4 Å². The molecule has 2 rings (SSSR count).